The molecule has 1 fully saturated rings. The normalized spacial score (nSPS) is 18.2. The van der Waals surface area contributed by atoms with Crippen molar-refractivity contribution < 1.29 is 9.32 Å². The summed E-state index contributed by atoms with van der Waals surface area (Å²) in [6.07, 6.45) is 4.14. The summed E-state index contributed by atoms with van der Waals surface area (Å²) in [5.41, 5.74) is 2.34. The van der Waals surface area contributed by atoms with Crippen LogP contribution >= 0.6 is 11.6 Å². The van der Waals surface area contributed by atoms with Crippen molar-refractivity contribution >= 4 is 17.5 Å². The molecule has 2 aromatic heterocycles. The molecule has 2 aromatic rings. The maximum Gasteiger partial charge on any atom is 0.274 e. The van der Waals surface area contributed by atoms with Gasteiger partial charge in [0.25, 0.3) is 5.91 Å². The molecule has 0 unspecified atom stereocenters. The Hall–Kier alpha value is -1.82. The van der Waals surface area contributed by atoms with Crippen molar-refractivity contribution in [3.63, 3.8) is 0 Å². The fourth-order valence-corrected chi connectivity index (χ4v) is 3.45. The molecule has 1 amide bonds. The molecule has 0 bridgehead atoms. The van der Waals surface area contributed by atoms with Crippen LogP contribution in [0.2, 0.25) is 5.02 Å². The van der Waals surface area contributed by atoms with Crippen LogP contribution in [0.3, 0.4) is 0 Å². The highest BCUT2D eigenvalue weighted by Crippen LogP contribution is 2.37. The number of hydrogen-bond donors (Lipinski definition) is 0. The van der Waals surface area contributed by atoms with Crippen molar-refractivity contribution in [1.82, 2.24) is 19.8 Å². The summed E-state index contributed by atoms with van der Waals surface area (Å²) in [6, 6.07) is -0.000309. The number of carbonyl (C=O) groups is 1. The Morgan fingerprint density at radius 2 is 2.32 bits per heavy atom. The van der Waals surface area contributed by atoms with Gasteiger partial charge in [-0.1, -0.05) is 23.7 Å². The van der Waals surface area contributed by atoms with E-state index in [0.29, 0.717) is 17.3 Å². The molecular weight excluding hydrogens is 304 g/mol. The van der Waals surface area contributed by atoms with Gasteiger partial charge in [-0.05, 0) is 19.8 Å². The lowest BCUT2D eigenvalue weighted by Crippen LogP contribution is -2.32. The largest absolute Gasteiger partial charge is 0.361 e. The number of nitrogens with zero attached hydrogens (tertiary/aromatic N) is 4. The number of hydrogen-bond acceptors (Lipinski definition) is 4. The molecule has 6 nitrogen and oxygen atoms in total. The maximum absolute atomic E-state index is 12.9. The van der Waals surface area contributed by atoms with E-state index < -0.39 is 0 Å². The van der Waals surface area contributed by atoms with Crippen LogP contribution < -0.4 is 0 Å². The zero-order valence-corrected chi connectivity index (χ0v) is 13.7. The standard InChI is InChI=1S/C15H19ClN4O2/c1-4-12-13(9(2)18-22-12)11-6-5-7-20(11)15(21)14-10(16)8-17-19(14)3/h8,11H,4-7H2,1-3H3/t11-/m0/s1. The highest BCUT2D eigenvalue weighted by molar-refractivity contribution is 6.33. The lowest BCUT2D eigenvalue weighted by Gasteiger charge is -2.25. The van der Waals surface area contributed by atoms with Crippen LogP contribution in [-0.2, 0) is 13.5 Å². The van der Waals surface area contributed by atoms with Gasteiger partial charge in [-0.2, -0.15) is 5.10 Å². The number of aryl methyl sites for hydroxylation is 3. The van der Waals surface area contributed by atoms with Gasteiger partial charge < -0.3 is 9.42 Å². The first-order chi connectivity index (χ1) is 10.5. The lowest BCUT2D eigenvalue weighted by molar-refractivity contribution is 0.0723. The van der Waals surface area contributed by atoms with Gasteiger partial charge in [0.1, 0.15) is 11.5 Å². The van der Waals surface area contributed by atoms with Crippen molar-refractivity contribution in [2.75, 3.05) is 6.54 Å². The summed E-state index contributed by atoms with van der Waals surface area (Å²) in [7, 11) is 1.73. The van der Waals surface area contributed by atoms with Crippen LogP contribution in [0.15, 0.2) is 10.7 Å². The highest BCUT2D eigenvalue weighted by Gasteiger charge is 2.36. The number of amides is 1. The predicted molar refractivity (Wildman–Crippen MR) is 81.8 cm³/mol. The Morgan fingerprint density at radius 3 is 2.95 bits per heavy atom. The van der Waals surface area contributed by atoms with Crippen LogP contribution in [0, 0.1) is 6.92 Å². The van der Waals surface area contributed by atoms with Crippen LogP contribution in [0.4, 0.5) is 0 Å². The summed E-state index contributed by atoms with van der Waals surface area (Å²) in [5.74, 6) is 0.772. The number of carbonyl (C=O) groups excluding carboxylic acids is 1. The van der Waals surface area contributed by atoms with Gasteiger partial charge in [0.05, 0.1) is 23.0 Å². The summed E-state index contributed by atoms with van der Waals surface area (Å²) < 4.78 is 6.92. The Bertz CT molecular complexity index is 687. The number of likely N-dealkylation sites (tertiary alicyclic amines) is 1. The van der Waals surface area contributed by atoms with Crippen molar-refractivity contribution in [3.05, 3.63) is 33.9 Å². The third-order valence-electron chi connectivity index (χ3n) is 4.25. The van der Waals surface area contributed by atoms with E-state index in [2.05, 4.69) is 10.3 Å². The maximum atomic E-state index is 12.9. The molecule has 118 valence electrons. The monoisotopic (exact) mass is 322 g/mol. The molecule has 1 saturated heterocycles. The van der Waals surface area contributed by atoms with Crippen molar-refractivity contribution in [2.24, 2.45) is 7.05 Å². The van der Waals surface area contributed by atoms with E-state index in [0.717, 1.165) is 36.3 Å². The fraction of sp³-hybridized carbons (Fsp3) is 0.533. The minimum Gasteiger partial charge on any atom is -0.361 e. The second kappa shape index (κ2) is 5.76. The van der Waals surface area contributed by atoms with Gasteiger partial charge in [0.15, 0.2) is 0 Å². The van der Waals surface area contributed by atoms with E-state index in [9.17, 15) is 4.79 Å². The van der Waals surface area contributed by atoms with Crippen molar-refractivity contribution in [3.8, 4) is 0 Å². The van der Waals surface area contributed by atoms with E-state index in [1.807, 2.05) is 18.7 Å². The predicted octanol–water partition coefficient (Wildman–Crippen LogP) is 2.91. The number of aromatic nitrogens is 3. The minimum atomic E-state index is -0.0878. The summed E-state index contributed by atoms with van der Waals surface area (Å²) in [6.45, 7) is 4.66. The van der Waals surface area contributed by atoms with Gasteiger partial charge in [-0.3, -0.25) is 9.48 Å². The molecule has 0 N–H and O–H groups in total. The topological polar surface area (TPSA) is 64.2 Å². The molecule has 0 aliphatic carbocycles. The zero-order chi connectivity index (χ0) is 15.9. The van der Waals surface area contributed by atoms with Crippen LogP contribution in [0.25, 0.3) is 0 Å². The van der Waals surface area contributed by atoms with E-state index in [4.69, 9.17) is 16.1 Å². The van der Waals surface area contributed by atoms with E-state index in [1.165, 1.54) is 10.9 Å². The fourth-order valence-electron chi connectivity index (χ4n) is 3.20. The number of halogens is 1. The molecular formula is C15H19ClN4O2. The molecule has 22 heavy (non-hydrogen) atoms. The first-order valence-electron chi connectivity index (χ1n) is 7.48. The quantitative estimate of drug-likeness (QED) is 0.871. The van der Waals surface area contributed by atoms with Crippen LogP contribution in [-0.4, -0.2) is 32.3 Å². The first kappa shape index (κ1) is 15.1. The number of rotatable bonds is 3. The third-order valence-corrected chi connectivity index (χ3v) is 4.52. The molecule has 3 heterocycles. The molecule has 0 radical (unpaired) electrons. The third kappa shape index (κ3) is 2.31. The Morgan fingerprint density at radius 1 is 1.55 bits per heavy atom. The molecule has 1 aliphatic rings. The summed E-state index contributed by atoms with van der Waals surface area (Å²) in [4.78, 5) is 14.8. The Kier molecular flexibility index (Phi) is 3.95. The average Bonchev–Trinajstić information content (AvgIpc) is 3.17. The Balaban J connectivity index is 1.97. The summed E-state index contributed by atoms with van der Waals surface area (Å²) in [5, 5.41) is 8.51. The first-order valence-corrected chi connectivity index (χ1v) is 7.85. The molecule has 1 atom stereocenters. The molecule has 0 saturated carbocycles. The van der Waals surface area contributed by atoms with Gasteiger partial charge in [0, 0.05) is 25.6 Å². The van der Waals surface area contributed by atoms with E-state index >= 15 is 0 Å². The van der Waals surface area contributed by atoms with E-state index in [1.54, 1.807) is 7.05 Å². The zero-order valence-electron chi connectivity index (χ0n) is 13.0. The minimum absolute atomic E-state index is 0.000309. The van der Waals surface area contributed by atoms with Crippen molar-refractivity contribution in [1.29, 1.82) is 0 Å². The molecule has 1 aliphatic heterocycles. The van der Waals surface area contributed by atoms with Gasteiger partial charge >= 0.3 is 0 Å². The van der Waals surface area contributed by atoms with Crippen molar-refractivity contribution in [2.45, 2.75) is 39.2 Å². The highest BCUT2D eigenvalue weighted by atomic mass is 35.5. The summed E-state index contributed by atoms with van der Waals surface area (Å²) >= 11 is 6.12. The van der Waals surface area contributed by atoms with Crippen LogP contribution in [0.5, 0.6) is 0 Å². The van der Waals surface area contributed by atoms with E-state index in [-0.39, 0.29) is 11.9 Å². The second-order valence-electron chi connectivity index (χ2n) is 5.58. The van der Waals surface area contributed by atoms with Gasteiger partial charge in [-0.15, -0.1) is 0 Å². The van der Waals surface area contributed by atoms with Crippen LogP contribution in [0.1, 0.15) is 53.3 Å². The van der Waals surface area contributed by atoms with Gasteiger partial charge in [-0.25, -0.2) is 0 Å². The smallest absolute Gasteiger partial charge is 0.274 e. The van der Waals surface area contributed by atoms with Gasteiger partial charge in [0.2, 0.25) is 0 Å². The molecule has 0 spiro atoms. The lowest BCUT2D eigenvalue weighted by atomic mass is 10.0. The molecule has 0 aromatic carbocycles. The second-order valence-corrected chi connectivity index (χ2v) is 5.99. The SMILES string of the molecule is CCc1onc(C)c1[C@@H]1CCCN1C(=O)c1c(Cl)cnn1C. The average molecular weight is 323 g/mol. The Labute approximate surface area is 134 Å². The molecule has 7 heteroatoms. The molecule has 3 rings (SSSR count).